The Bertz CT molecular complexity index is 2240. The number of aryl methyl sites for hydroxylation is 1. The summed E-state index contributed by atoms with van der Waals surface area (Å²) in [4.78, 5) is 42.0. The zero-order valence-corrected chi connectivity index (χ0v) is 32.6. The van der Waals surface area contributed by atoms with Crippen molar-refractivity contribution >= 4 is 23.0 Å². The normalized spacial score (nSPS) is 18.4. The van der Waals surface area contributed by atoms with Gasteiger partial charge in [-0.15, -0.1) is 0 Å². The number of pyridine rings is 1. The number of aromatic amines is 1. The average Bonchev–Trinajstić information content (AvgIpc) is 3.24. The Morgan fingerprint density at radius 3 is 2.45 bits per heavy atom. The van der Waals surface area contributed by atoms with E-state index in [1.807, 2.05) is 60.7 Å². The summed E-state index contributed by atoms with van der Waals surface area (Å²) < 4.78 is 12.2. The topological polar surface area (TPSA) is 173 Å². The number of phenolic OH excluding ortho intramolecular Hbond substituents is 1. The van der Waals surface area contributed by atoms with Gasteiger partial charge in [-0.2, -0.15) is 0 Å². The molecule has 6 N–H and O–H groups in total. The first-order valence-electron chi connectivity index (χ1n) is 20.3. The number of alkyl carbamates (subject to hydrolysis) is 1. The Morgan fingerprint density at radius 1 is 0.879 bits per heavy atom. The van der Waals surface area contributed by atoms with Gasteiger partial charge in [0.25, 0.3) is 0 Å². The van der Waals surface area contributed by atoms with Crippen LogP contribution in [-0.4, -0.2) is 76.1 Å². The third kappa shape index (κ3) is 10.2. The molecule has 0 radical (unpaired) electrons. The smallest absolute Gasteiger partial charge is 0.408 e. The van der Waals surface area contributed by atoms with Gasteiger partial charge in [0.1, 0.15) is 24.2 Å². The van der Waals surface area contributed by atoms with E-state index in [2.05, 4.69) is 20.5 Å². The molecular formula is C46H52N4O8. The minimum atomic E-state index is -0.961. The molecule has 1 unspecified atom stereocenters. The lowest BCUT2D eigenvalue weighted by Crippen LogP contribution is -2.52. The fraction of sp³-hybridized carbons (Fsp3) is 0.370. The number of aliphatic hydroxyl groups is 1. The van der Waals surface area contributed by atoms with E-state index >= 15 is 0 Å². The summed E-state index contributed by atoms with van der Waals surface area (Å²) in [5, 5.41) is 37.8. The van der Waals surface area contributed by atoms with Gasteiger partial charge < -0.3 is 40.4 Å². The number of nitrogens with one attached hydrogen (secondary N) is 3. The molecule has 2 bridgehead atoms. The van der Waals surface area contributed by atoms with Crippen LogP contribution in [0.2, 0.25) is 0 Å². The lowest BCUT2D eigenvalue weighted by molar-refractivity contribution is -0.0336. The summed E-state index contributed by atoms with van der Waals surface area (Å²) in [6.07, 6.45) is 4.94. The number of aliphatic hydroxyl groups excluding tert-OH is 1. The number of benzene rings is 4. The van der Waals surface area contributed by atoms with Gasteiger partial charge in [0.05, 0.1) is 23.2 Å². The number of carbonyl (C=O) groups excluding carboxylic acids is 1. The minimum absolute atomic E-state index is 0.0458. The lowest BCUT2D eigenvalue weighted by atomic mass is 9.86. The third-order valence-electron chi connectivity index (χ3n) is 11.4. The summed E-state index contributed by atoms with van der Waals surface area (Å²) in [7, 11) is 0. The van der Waals surface area contributed by atoms with Crippen molar-refractivity contribution in [3.63, 3.8) is 0 Å². The molecule has 0 spiro atoms. The van der Waals surface area contributed by atoms with Crippen molar-refractivity contribution in [2.45, 2.75) is 69.8 Å². The number of aromatic hydroxyl groups is 1. The number of unbranched alkanes of at least 4 members (excludes halogenated alkanes) is 3. The summed E-state index contributed by atoms with van der Waals surface area (Å²) in [5.41, 5.74) is 4.29. The molecule has 0 aliphatic carbocycles. The van der Waals surface area contributed by atoms with Gasteiger partial charge in [0.2, 0.25) is 5.56 Å². The van der Waals surface area contributed by atoms with Crippen molar-refractivity contribution in [3.8, 4) is 11.5 Å². The van der Waals surface area contributed by atoms with Gasteiger partial charge in [-0.05, 0) is 116 Å². The van der Waals surface area contributed by atoms with E-state index in [0.29, 0.717) is 47.6 Å². The molecular weight excluding hydrogens is 737 g/mol. The zero-order chi connectivity index (χ0) is 40.4. The molecule has 304 valence electrons. The van der Waals surface area contributed by atoms with Crippen LogP contribution in [0.4, 0.5) is 4.79 Å². The van der Waals surface area contributed by atoms with Gasteiger partial charge in [-0.25, -0.2) is 9.59 Å². The van der Waals surface area contributed by atoms with E-state index in [0.717, 1.165) is 80.4 Å². The van der Waals surface area contributed by atoms with Crippen LogP contribution in [0.15, 0.2) is 102 Å². The first-order valence-corrected chi connectivity index (χ1v) is 20.3. The summed E-state index contributed by atoms with van der Waals surface area (Å²) in [5.74, 6) is 0.0301. The molecule has 8 rings (SSSR count). The number of nitrogens with zero attached hydrogens (tertiary/aromatic N) is 1. The average molecular weight is 789 g/mol. The number of aromatic nitrogens is 1. The van der Waals surface area contributed by atoms with Crippen LogP contribution in [0.25, 0.3) is 10.9 Å². The Kier molecular flexibility index (Phi) is 13.4. The monoisotopic (exact) mass is 788 g/mol. The van der Waals surface area contributed by atoms with E-state index in [4.69, 9.17) is 9.47 Å². The van der Waals surface area contributed by atoms with E-state index < -0.39 is 24.2 Å². The van der Waals surface area contributed by atoms with Crippen LogP contribution in [0, 0.1) is 5.92 Å². The number of piperidine rings is 3. The highest BCUT2D eigenvalue weighted by molar-refractivity contribution is 5.89. The number of carboxylic acids is 1. The van der Waals surface area contributed by atoms with Crippen molar-refractivity contribution in [3.05, 3.63) is 141 Å². The van der Waals surface area contributed by atoms with E-state index in [-0.39, 0.29) is 29.6 Å². The molecule has 3 fully saturated rings. The molecule has 58 heavy (non-hydrogen) atoms. The molecule has 3 atom stereocenters. The number of carboxylic acid groups (broad SMARTS) is 1. The summed E-state index contributed by atoms with van der Waals surface area (Å²) in [6, 6.07) is 28.5. The van der Waals surface area contributed by atoms with Crippen LogP contribution in [0.3, 0.4) is 0 Å². The highest BCUT2D eigenvalue weighted by Crippen LogP contribution is 2.32. The molecule has 4 heterocycles. The number of amides is 1. The van der Waals surface area contributed by atoms with Crippen molar-refractivity contribution in [1.29, 1.82) is 0 Å². The Labute approximate surface area is 337 Å². The summed E-state index contributed by atoms with van der Waals surface area (Å²) in [6.45, 7) is 4.19. The van der Waals surface area contributed by atoms with E-state index in [1.165, 1.54) is 12.1 Å². The maximum atomic E-state index is 13.3. The van der Waals surface area contributed by atoms with Crippen LogP contribution in [0.5, 0.6) is 11.5 Å². The molecule has 1 aromatic heterocycles. The molecule has 3 aliphatic rings. The molecule has 3 aliphatic heterocycles. The molecule has 12 heteroatoms. The second-order valence-electron chi connectivity index (χ2n) is 15.4. The largest absolute Gasteiger partial charge is 0.506 e. The van der Waals surface area contributed by atoms with Crippen molar-refractivity contribution in [2.75, 3.05) is 32.7 Å². The van der Waals surface area contributed by atoms with Crippen LogP contribution >= 0.6 is 0 Å². The van der Waals surface area contributed by atoms with Gasteiger partial charge in [-0.3, -0.25) is 9.69 Å². The predicted octanol–water partition coefficient (Wildman–Crippen LogP) is 6.85. The van der Waals surface area contributed by atoms with Gasteiger partial charge in [-0.1, -0.05) is 73.5 Å². The Hall–Kier alpha value is -5.69. The lowest BCUT2D eigenvalue weighted by Gasteiger charge is -2.43. The molecule has 3 saturated heterocycles. The predicted molar refractivity (Wildman–Crippen MR) is 221 cm³/mol. The summed E-state index contributed by atoms with van der Waals surface area (Å²) >= 11 is 0. The first-order chi connectivity index (χ1) is 28.2. The second-order valence-corrected chi connectivity index (χ2v) is 15.4. The Balaban J connectivity index is 0.893. The van der Waals surface area contributed by atoms with Crippen molar-refractivity contribution in [1.82, 2.24) is 20.5 Å². The molecule has 0 saturated carbocycles. The first kappa shape index (κ1) is 40.5. The second kappa shape index (κ2) is 19.2. The van der Waals surface area contributed by atoms with Gasteiger partial charge in [0.15, 0.2) is 0 Å². The number of rotatable bonds is 18. The fourth-order valence-corrected chi connectivity index (χ4v) is 8.26. The molecule has 4 aromatic carbocycles. The number of hydrogen-bond acceptors (Lipinski definition) is 9. The van der Waals surface area contributed by atoms with Crippen molar-refractivity contribution in [2.24, 2.45) is 5.92 Å². The fourth-order valence-electron chi connectivity index (χ4n) is 8.26. The number of H-pyrrole nitrogens is 1. The van der Waals surface area contributed by atoms with E-state index in [1.54, 1.807) is 24.3 Å². The van der Waals surface area contributed by atoms with Gasteiger partial charge >= 0.3 is 12.1 Å². The number of ether oxygens (including phenoxy) is 2. The highest BCUT2D eigenvalue weighted by atomic mass is 16.6. The number of carbonyl (C=O) groups is 2. The maximum absolute atomic E-state index is 13.3. The Morgan fingerprint density at radius 2 is 1.67 bits per heavy atom. The maximum Gasteiger partial charge on any atom is 0.408 e. The SMILES string of the molecule is O=C(NC(c1ccccc1)c1cccc(OCc2ccc(C(=O)O)c(CCCCCCNC[C@H](O)c3ccc(O)c4[nH]c(=O)ccc34)c2)c1)O[C@H]1CN2CCC1CC2. The molecule has 1 amide bonds. The standard InChI is InChI=1S/C46H52N4O8/c51-39-18-16-37(38-17-19-42(53)48-44(38)39)40(52)27-47-22-7-2-1-4-11-33-25-30(14-15-36(33)45(54)55)29-57-35-13-8-12-34(26-35)43(32-9-5-3-6-10-32)49-46(56)58-41-28-50-23-20-31(41)21-24-50/h3,5-6,8-10,12-19,25-26,31,40-41,43,47,51-52H,1-2,4,7,11,20-24,27-29H2,(H,48,53)(H,49,56)(H,54,55)/t40-,41-,43?/m0/s1. The molecule has 12 nitrogen and oxygen atoms in total. The number of phenols is 1. The molecule has 5 aromatic rings. The van der Waals surface area contributed by atoms with Crippen LogP contribution in [0.1, 0.15) is 88.8 Å². The third-order valence-corrected chi connectivity index (χ3v) is 11.4. The van der Waals surface area contributed by atoms with Gasteiger partial charge in [0, 0.05) is 24.5 Å². The number of fused-ring (bicyclic) bond motifs is 4. The highest BCUT2D eigenvalue weighted by Gasteiger charge is 2.37. The number of hydrogen-bond donors (Lipinski definition) is 6. The van der Waals surface area contributed by atoms with Crippen LogP contribution < -0.4 is 20.9 Å². The minimum Gasteiger partial charge on any atom is -0.506 e. The zero-order valence-electron chi connectivity index (χ0n) is 32.6. The van der Waals surface area contributed by atoms with E-state index in [9.17, 15) is 29.7 Å². The van der Waals surface area contributed by atoms with Crippen molar-refractivity contribution < 1.29 is 34.4 Å². The quantitative estimate of drug-likeness (QED) is 0.0516. The van der Waals surface area contributed by atoms with Crippen LogP contribution in [-0.2, 0) is 17.8 Å². The number of aromatic carboxylic acids is 1.